The van der Waals surface area contributed by atoms with Gasteiger partial charge in [0.2, 0.25) is 0 Å². The molecular weight excluding hydrogens is 268 g/mol. The van der Waals surface area contributed by atoms with E-state index < -0.39 is 9.84 Å². The molecule has 0 saturated carbocycles. The summed E-state index contributed by atoms with van der Waals surface area (Å²) in [6.07, 6.45) is 2.89. The zero-order valence-corrected chi connectivity index (χ0v) is 12.6. The lowest BCUT2D eigenvalue weighted by Gasteiger charge is -2.10. The van der Waals surface area contributed by atoms with Gasteiger partial charge in [0.1, 0.15) is 0 Å². The van der Waals surface area contributed by atoms with Crippen LogP contribution in [-0.2, 0) is 22.0 Å². The van der Waals surface area contributed by atoms with Crippen LogP contribution in [0.5, 0.6) is 0 Å². The first-order chi connectivity index (χ1) is 9.63. The summed E-state index contributed by atoms with van der Waals surface area (Å²) >= 11 is 0. The van der Waals surface area contributed by atoms with Gasteiger partial charge in [0.05, 0.1) is 10.6 Å². The van der Waals surface area contributed by atoms with Crippen molar-refractivity contribution < 1.29 is 8.42 Å². The molecule has 0 aliphatic heterocycles. The van der Waals surface area contributed by atoms with E-state index in [1.807, 2.05) is 42.5 Å². The van der Waals surface area contributed by atoms with E-state index in [-0.39, 0.29) is 5.75 Å². The molecule has 0 spiro atoms. The fraction of sp³-hybridized carbons (Fsp3) is 0.294. The van der Waals surface area contributed by atoms with Crippen molar-refractivity contribution in [1.82, 2.24) is 0 Å². The number of benzene rings is 2. The summed E-state index contributed by atoms with van der Waals surface area (Å²) in [5.74, 6) is 0.0664. The van der Waals surface area contributed by atoms with Crippen LogP contribution in [0.4, 0.5) is 0 Å². The summed E-state index contributed by atoms with van der Waals surface area (Å²) in [6, 6.07) is 16.7. The predicted octanol–water partition coefficient (Wildman–Crippen LogP) is 4.00. The average Bonchev–Trinajstić information content (AvgIpc) is 2.46. The van der Waals surface area contributed by atoms with Gasteiger partial charge in [0.15, 0.2) is 9.84 Å². The second-order valence-electron chi connectivity index (χ2n) is 4.96. The van der Waals surface area contributed by atoms with Crippen LogP contribution >= 0.6 is 0 Å². The molecule has 0 N–H and O–H groups in total. The van der Waals surface area contributed by atoms with Crippen LogP contribution in [-0.4, -0.2) is 8.42 Å². The van der Waals surface area contributed by atoms with E-state index >= 15 is 0 Å². The molecule has 20 heavy (non-hydrogen) atoms. The molecule has 0 aliphatic carbocycles. The smallest absolute Gasteiger partial charge is 0.182 e. The first-order valence-electron chi connectivity index (χ1n) is 6.98. The molecule has 0 saturated heterocycles. The van der Waals surface area contributed by atoms with Gasteiger partial charge in [-0.3, -0.25) is 0 Å². The quantitative estimate of drug-likeness (QED) is 0.805. The minimum absolute atomic E-state index is 0.0664. The van der Waals surface area contributed by atoms with Crippen LogP contribution in [0.2, 0.25) is 0 Å². The fourth-order valence-corrected chi connectivity index (χ4v) is 3.89. The molecule has 0 amide bonds. The van der Waals surface area contributed by atoms with E-state index in [4.69, 9.17) is 0 Å². The first kappa shape index (κ1) is 14.8. The Morgan fingerprint density at radius 2 is 1.55 bits per heavy atom. The lowest BCUT2D eigenvalue weighted by atomic mass is 10.1. The molecule has 2 aromatic carbocycles. The largest absolute Gasteiger partial charge is 0.223 e. The maximum atomic E-state index is 12.6. The van der Waals surface area contributed by atoms with Crippen molar-refractivity contribution in [1.29, 1.82) is 0 Å². The SMILES string of the molecule is CCCCc1ccccc1S(=O)(=O)Cc1ccccc1. The zero-order chi connectivity index (χ0) is 14.4. The number of unbranched alkanes of at least 4 members (excludes halogenated alkanes) is 1. The van der Waals surface area contributed by atoms with Crippen molar-refractivity contribution in [3.63, 3.8) is 0 Å². The lowest BCUT2D eigenvalue weighted by Crippen LogP contribution is -2.08. The Morgan fingerprint density at radius 3 is 2.25 bits per heavy atom. The van der Waals surface area contributed by atoms with Crippen molar-refractivity contribution in [3.8, 4) is 0 Å². The summed E-state index contributed by atoms with van der Waals surface area (Å²) in [5, 5.41) is 0. The van der Waals surface area contributed by atoms with E-state index in [2.05, 4.69) is 6.92 Å². The third-order valence-corrected chi connectivity index (χ3v) is 5.09. The minimum Gasteiger partial charge on any atom is -0.223 e. The molecule has 0 atom stereocenters. The standard InChI is InChI=1S/C17H20O2S/c1-2-3-11-16-12-7-8-13-17(16)20(18,19)14-15-9-5-4-6-10-15/h4-10,12-13H,2-3,11,14H2,1H3. The molecule has 2 nitrogen and oxygen atoms in total. The van der Waals surface area contributed by atoms with Gasteiger partial charge in [-0.2, -0.15) is 0 Å². The molecule has 0 aliphatic rings. The normalized spacial score (nSPS) is 11.4. The average molecular weight is 288 g/mol. The number of hydrogen-bond acceptors (Lipinski definition) is 2. The van der Waals surface area contributed by atoms with Crippen molar-refractivity contribution in [2.45, 2.75) is 36.8 Å². The summed E-state index contributed by atoms with van der Waals surface area (Å²) in [6.45, 7) is 2.11. The molecule has 0 heterocycles. The van der Waals surface area contributed by atoms with Crippen molar-refractivity contribution in [2.24, 2.45) is 0 Å². The molecule has 3 heteroatoms. The molecule has 0 radical (unpaired) electrons. The highest BCUT2D eigenvalue weighted by Gasteiger charge is 2.18. The molecule has 0 bridgehead atoms. The molecule has 106 valence electrons. The van der Waals surface area contributed by atoms with E-state index in [1.54, 1.807) is 12.1 Å². The maximum absolute atomic E-state index is 12.6. The number of sulfone groups is 1. The van der Waals surface area contributed by atoms with Crippen molar-refractivity contribution >= 4 is 9.84 Å². The third-order valence-electron chi connectivity index (χ3n) is 3.31. The molecule has 0 unspecified atom stereocenters. The second kappa shape index (κ2) is 6.71. The van der Waals surface area contributed by atoms with Gasteiger partial charge in [0.25, 0.3) is 0 Å². The molecule has 2 rings (SSSR count). The van der Waals surface area contributed by atoms with Crippen LogP contribution in [0.1, 0.15) is 30.9 Å². The van der Waals surface area contributed by atoms with Gasteiger partial charge in [-0.05, 0) is 30.0 Å². The Morgan fingerprint density at radius 1 is 0.900 bits per heavy atom. The highest BCUT2D eigenvalue weighted by Crippen LogP contribution is 2.22. The van der Waals surface area contributed by atoms with E-state index in [1.165, 1.54) is 0 Å². The molecule has 0 fully saturated rings. The van der Waals surface area contributed by atoms with Gasteiger partial charge < -0.3 is 0 Å². The van der Waals surface area contributed by atoms with Gasteiger partial charge in [0, 0.05) is 0 Å². The summed E-state index contributed by atoms with van der Waals surface area (Å²) in [7, 11) is -3.27. The number of aryl methyl sites for hydroxylation is 1. The molecule has 0 aromatic heterocycles. The topological polar surface area (TPSA) is 34.1 Å². The number of hydrogen-bond donors (Lipinski definition) is 0. The molecular formula is C17H20O2S. The summed E-state index contributed by atoms with van der Waals surface area (Å²) in [5.41, 5.74) is 1.77. The van der Waals surface area contributed by atoms with E-state index in [0.29, 0.717) is 4.90 Å². The van der Waals surface area contributed by atoms with Crippen LogP contribution < -0.4 is 0 Å². The van der Waals surface area contributed by atoms with Crippen LogP contribution in [0.3, 0.4) is 0 Å². The van der Waals surface area contributed by atoms with Crippen LogP contribution in [0.15, 0.2) is 59.5 Å². The van der Waals surface area contributed by atoms with Crippen molar-refractivity contribution in [2.75, 3.05) is 0 Å². The molecule has 2 aromatic rings. The van der Waals surface area contributed by atoms with Gasteiger partial charge in [-0.15, -0.1) is 0 Å². The second-order valence-corrected chi connectivity index (χ2v) is 6.91. The van der Waals surface area contributed by atoms with E-state index in [0.717, 1.165) is 30.4 Å². The fourth-order valence-electron chi connectivity index (χ4n) is 2.25. The Labute approximate surface area is 121 Å². The Kier molecular flexibility index (Phi) is 4.96. The maximum Gasteiger partial charge on any atom is 0.182 e. The predicted molar refractivity (Wildman–Crippen MR) is 82.4 cm³/mol. The van der Waals surface area contributed by atoms with E-state index in [9.17, 15) is 8.42 Å². The Balaban J connectivity index is 2.30. The van der Waals surface area contributed by atoms with Crippen LogP contribution in [0.25, 0.3) is 0 Å². The van der Waals surface area contributed by atoms with Gasteiger partial charge in [-0.25, -0.2) is 8.42 Å². The van der Waals surface area contributed by atoms with Crippen LogP contribution in [0, 0.1) is 0 Å². The first-order valence-corrected chi connectivity index (χ1v) is 8.63. The highest BCUT2D eigenvalue weighted by molar-refractivity contribution is 7.90. The minimum atomic E-state index is -3.27. The van der Waals surface area contributed by atoms with Crippen molar-refractivity contribution in [3.05, 3.63) is 65.7 Å². The zero-order valence-electron chi connectivity index (χ0n) is 11.7. The Bertz CT molecular complexity index is 646. The highest BCUT2D eigenvalue weighted by atomic mass is 32.2. The summed E-state index contributed by atoms with van der Waals surface area (Å²) in [4.78, 5) is 0.484. The lowest BCUT2D eigenvalue weighted by molar-refractivity contribution is 0.593. The number of rotatable bonds is 6. The monoisotopic (exact) mass is 288 g/mol. The van der Waals surface area contributed by atoms with Gasteiger partial charge in [-0.1, -0.05) is 61.9 Å². The third kappa shape index (κ3) is 3.70. The summed E-state index contributed by atoms with van der Waals surface area (Å²) < 4.78 is 25.2. The van der Waals surface area contributed by atoms with Gasteiger partial charge >= 0.3 is 0 Å². The Hall–Kier alpha value is -1.61.